The lowest BCUT2D eigenvalue weighted by Gasteiger charge is -2.23. The van der Waals surface area contributed by atoms with E-state index >= 15 is 0 Å². The molecule has 144 valence electrons. The third-order valence-corrected chi connectivity index (χ3v) is 4.78. The van der Waals surface area contributed by atoms with E-state index in [2.05, 4.69) is 4.98 Å². The van der Waals surface area contributed by atoms with Gasteiger partial charge in [0.25, 0.3) is 5.91 Å². The lowest BCUT2D eigenvalue weighted by Crippen LogP contribution is -2.34. The molecule has 0 saturated carbocycles. The zero-order chi connectivity index (χ0) is 19.9. The molecule has 0 aliphatic rings. The van der Waals surface area contributed by atoms with Gasteiger partial charge in [-0.3, -0.25) is 9.78 Å². The molecule has 0 saturated heterocycles. The molecule has 0 N–H and O–H groups in total. The summed E-state index contributed by atoms with van der Waals surface area (Å²) in [4.78, 5) is 18.7. The number of carbonyl (C=O) groups is 1. The normalized spacial score (nSPS) is 10.5. The first-order valence-corrected chi connectivity index (χ1v) is 9.68. The molecule has 1 amide bonds. The maximum atomic E-state index is 13.0. The molecule has 4 nitrogen and oxygen atoms in total. The van der Waals surface area contributed by atoms with Crippen molar-refractivity contribution in [2.24, 2.45) is 0 Å². The standard InChI is InChI=1S/C21H17Cl3N2O2/c22-17-11-16(12-25-13-17)21(27)26(14-15-5-2-1-3-6-15)9-10-28-20-18(23)7-4-8-19(20)24/h1-8,11-13H,9-10,14H2. The van der Waals surface area contributed by atoms with E-state index in [-0.39, 0.29) is 12.5 Å². The van der Waals surface area contributed by atoms with Crippen LogP contribution in [0.3, 0.4) is 0 Å². The highest BCUT2D eigenvalue weighted by Crippen LogP contribution is 2.32. The number of hydrogen-bond acceptors (Lipinski definition) is 3. The van der Waals surface area contributed by atoms with Crippen molar-refractivity contribution in [3.05, 3.63) is 93.2 Å². The first-order chi connectivity index (χ1) is 13.5. The van der Waals surface area contributed by atoms with Crippen molar-refractivity contribution in [1.82, 2.24) is 9.88 Å². The van der Waals surface area contributed by atoms with E-state index in [0.717, 1.165) is 5.56 Å². The average Bonchev–Trinajstić information content (AvgIpc) is 2.69. The number of hydrogen-bond donors (Lipinski definition) is 0. The van der Waals surface area contributed by atoms with Crippen LogP contribution in [-0.2, 0) is 6.54 Å². The zero-order valence-electron chi connectivity index (χ0n) is 14.8. The van der Waals surface area contributed by atoms with E-state index in [1.807, 2.05) is 30.3 Å². The van der Waals surface area contributed by atoms with Crippen LogP contribution >= 0.6 is 34.8 Å². The minimum atomic E-state index is -0.187. The summed E-state index contributed by atoms with van der Waals surface area (Å²) in [6.45, 7) is 0.990. The maximum Gasteiger partial charge on any atom is 0.255 e. The van der Waals surface area contributed by atoms with Gasteiger partial charge >= 0.3 is 0 Å². The number of aromatic nitrogens is 1. The van der Waals surface area contributed by atoms with Gasteiger partial charge in [0.2, 0.25) is 0 Å². The van der Waals surface area contributed by atoms with E-state index < -0.39 is 0 Å². The highest BCUT2D eigenvalue weighted by Gasteiger charge is 2.18. The Morgan fingerprint density at radius 1 is 0.964 bits per heavy atom. The fourth-order valence-corrected chi connectivity index (χ4v) is 3.33. The van der Waals surface area contributed by atoms with Gasteiger partial charge in [0.15, 0.2) is 5.75 Å². The molecule has 3 aromatic rings. The highest BCUT2D eigenvalue weighted by atomic mass is 35.5. The van der Waals surface area contributed by atoms with Crippen LogP contribution in [0.2, 0.25) is 15.1 Å². The second kappa shape index (κ2) is 9.78. The second-order valence-corrected chi connectivity index (χ2v) is 7.25. The topological polar surface area (TPSA) is 42.4 Å². The molecule has 3 rings (SSSR count). The minimum absolute atomic E-state index is 0.187. The van der Waals surface area contributed by atoms with Crippen LogP contribution in [0.1, 0.15) is 15.9 Å². The Balaban J connectivity index is 1.75. The van der Waals surface area contributed by atoms with Gasteiger partial charge in [-0.15, -0.1) is 0 Å². The van der Waals surface area contributed by atoms with Crippen molar-refractivity contribution in [2.75, 3.05) is 13.2 Å². The van der Waals surface area contributed by atoms with Gasteiger partial charge in [0.05, 0.1) is 27.2 Å². The molecule has 0 aliphatic carbocycles. The van der Waals surface area contributed by atoms with Crippen LogP contribution in [0.25, 0.3) is 0 Å². The van der Waals surface area contributed by atoms with Crippen molar-refractivity contribution < 1.29 is 9.53 Å². The van der Waals surface area contributed by atoms with E-state index in [0.29, 0.717) is 39.5 Å². The lowest BCUT2D eigenvalue weighted by molar-refractivity contribution is 0.0716. The number of ether oxygens (including phenoxy) is 1. The SMILES string of the molecule is O=C(c1cncc(Cl)c1)N(CCOc1c(Cl)cccc1Cl)Cc1ccccc1. The summed E-state index contributed by atoms with van der Waals surface area (Å²) >= 11 is 18.3. The van der Waals surface area contributed by atoms with Crippen LogP contribution < -0.4 is 4.74 Å². The van der Waals surface area contributed by atoms with Gasteiger partial charge in [-0.1, -0.05) is 71.2 Å². The molecular weight excluding hydrogens is 419 g/mol. The predicted molar refractivity (Wildman–Crippen MR) is 112 cm³/mol. The molecule has 0 fully saturated rings. The number of pyridine rings is 1. The Labute approximate surface area is 178 Å². The first-order valence-electron chi connectivity index (χ1n) is 8.55. The van der Waals surface area contributed by atoms with Gasteiger partial charge in [-0.2, -0.15) is 0 Å². The molecular formula is C21H17Cl3N2O2. The van der Waals surface area contributed by atoms with E-state index in [9.17, 15) is 4.79 Å². The van der Waals surface area contributed by atoms with Crippen LogP contribution in [-0.4, -0.2) is 28.9 Å². The van der Waals surface area contributed by atoms with Crippen LogP contribution in [0, 0.1) is 0 Å². The summed E-state index contributed by atoms with van der Waals surface area (Å²) in [6, 6.07) is 16.5. The largest absolute Gasteiger partial charge is 0.489 e. The third-order valence-electron chi connectivity index (χ3n) is 3.98. The number of carbonyl (C=O) groups excluding carboxylic acids is 1. The Kier molecular flexibility index (Phi) is 7.15. The Hall–Kier alpha value is -2.27. The number of amides is 1. The minimum Gasteiger partial charge on any atom is -0.489 e. The quantitative estimate of drug-likeness (QED) is 0.473. The molecule has 0 atom stereocenters. The summed E-state index contributed by atoms with van der Waals surface area (Å²) in [5.41, 5.74) is 1.42. The van der Waals surface area contributed by atoms with Crippen molar-refractivity contribution >= 4 is 40.7 Å². The van der Waals surface area contributed by atoms with Crippen molar-refractivity contribution in [2.45, 2.75) is 6.54 Å². The fraction of sp³-hybridized carbons (Fsp3) is 0.143. The lowest BCUT2D eigenvalue weighted by atomic mass is 10.2. The number of rotatable bonds is 7. The molecule has 0 spiro atoms. The number of benzene rings is 2. The van der Waals surface area contributed by atoms with Crippen molar-refractivity contribution in [3.63, 3.8) is 0 Å². The zero-order valence-corrected chi connectivity index (χ0v) is 17.1. The average molecular weight is 436 g/mol. The summed E-state index contributed by atoms with van der Waals surface area (Å²) < 4.78 is 5.75. The second-order valence-electron chi connectivity index (χ2n) is 6.00. The molecule has 0 bridgehead atoms. The van der Waals surface area contributed by atoms with E-state index in [4.69, 9.17) is 39.5 Å². The van der Waals surface area contributed by atoms with Crippen LogP contribution in [0.15, 0.2) is 67.0 Å². The van der Waals surface area contributed by atoms with Gasteiger partial charge in [0.1, 0.15) is 6.61 Å². The number of halogens is 3. The van der Waals surface area contributed by atoms with E-state index in [1.165, 1.54) is 12.4 Å². The fourth-order valence-electron chi connectivity index (χ4n) is 2.65. The third kappa shape index (κ3) is 5.38. The summed E-state index contributed by atoms with van der Waals surface area (Å²) in [5, 5.41) is 1.25. The van der Waals surface area contributed by atoms with E-state index in [1.54, 1.807) is 29.2 Å². The maximum absolute atomic E-state index is 13.0. The van der Waals surface area contributed by atoms with Crippen molar-refractivity contribution in [3.8, 4) is 5.75 Å². The monoisotopic (exact) mass is 434 g/mol. The molecule has 1 aromatic heterocycles. The summed E-state index contributed by atoms with van der Waals surface area (Å²) in [5.74, 6) is 0.218. The Morgan fingerprint density at radius 3 is 2.36 bits per heavy atom. The molecule has 7 heteroatoms. The van der Waals surface area contributed by atoms with Crippen molar-refractivity contribution in [1.29, 1.82) is 0 Å². The van der Waals surface area contributed by atoms with Crippen LogP contribution in [0.5, 0.6) is 5.75 Å². The van der Waals surface area contributed by atoms with Gasteiger partial charge in [0, 0.05) is 18.9 Å². The number of para-hydroxylation sites is 1. The smallest absolute Gasteiger partial charge is 0.255 e. The molecule has 28 heavy (non-hydrogen) atoms. The van der Waals surface area contributed by atoms with Crippen LogP contribution in [0.4, 0.5) is 0 Å². The Morgan fingerprint density at radius 2 is 1.68 bits per heavy atom. The highest BCUT2D eigenvalue weighted by molar-refractivity contribution is 6.37. The predicted octanol–water partition coefficient (Wildman–Crippen LogP) is 5.76. The number of nitrogens with zero attached hydrogens (tertiary/aromatic N) is 2. The Bertz CT molecular complexity index is 931. The summed E-state index contributed by atoms with van der Waals surface area (Å²) in [7, 11) is 0. The first kappa shape index (κ1) is 20.5. The molecule has 2 aromatic carbocycles. The molecule has 1 heterocycles. The van der Waals surface area contributed by atoms with Gasteiger partial charge in [-0.25, -0.2) is 0 Å². The molecule has 0 radical (unpaired) electrons. The van der Waals surface area contributed by atoms with Gasteiger partial charge in [-0.05, 0) is 23.8 Å². The molecule has 0 unspecified atom stereocenters. The summed E-state index contributed by atoms with van der Waals surface area (Å²) in [6.07, 6.45) is 2.99. The van der Waals surface area contributed by atoms with Gasteiger partial charge < -0.3 is 9.64 Å². The molecule has 0 aliphatic heterocycles.